The van der Waals surface area contributed by atoms with Gasteiger partial charge in [0.05, 0.1) is 0 Å². The van der Waals surface area contributed by atoms with Gasteiger partial charge < -0.3 is 14.1 Å². The van der Waals surface area contributed by atoms with E-state index in [-0.39, 0.29) is 24.1 Å². The number of esters is 1. The molecule has 1 aromatic heterocycles. The molecule has 3 aromatic rings. The average molecular weight is 377 g/mol. The minimum atomic E-state index is -0.665. The molecular weight excluding hydrogens is 358 g/mol. The zero-order chi connectivity index (χ0) is 19.7. The standard InChI is InChI=1S/C22H19NO5/c1-14-17-5-2-3-6-19(17)28-21(14)22(26)27-13-18(24)15-8-10-16(11-9-15)23-12-4-7-20(23)25/h2-3,5-6,8-11H,4,7,12-13H2,1H3. The molecule has 1 aliphatic heterocycles. The third-order valence-corrected chi connectivity index (χ3v) is 4.94. The highest BCUT2D eigenvalue weighted by molar-refractivity contribution is 6.01. The van der Waals surface area contributed by atoms with Gasteiger partial charge >= 0.3 is 5.97 Å². The molecule has 1 amide bonds. The first-order chi connectivity index (χ1) is 13.5. The number of anilines is 1. The van der Waals surface area contributed by atoms with E-state index >= 15 is 0 Å². The van der Waals surface area contributed by atoms with Crippen molar-refractivity contribution >= 4 is 34.3 Å². The van der Waals surface area contributed by atoms with Crippen molar-refractivity contribution in [2.45, 2.75) is 19.8 Å². The third kappa shape index (κ3) is 3.29. The molecule has 0 atom stereocenters. The van der Waals surface area contributed by atoms with Crippen LogP contribution in [-0.4, -0.2) is 30.8 Å². The summed E-state index contributed by atoms with van der Waals surface area (Å²) in [7, 11) is 0. The molecule has 0 bridgehead atoms. The molecule has 1 saturated heterocycles. The van der Waals surface area contributed by atoms with E-state index in [1.807, 2.05) is 18.2 Å². The average Bonchev–Trinajstić information content (AvgIpc) is 3.29. The van der Waals surface area contributed by atoms with E-state index in [0.717, 1.165) is 17.5 Å². The van der Waals surface area contributed by atoms with Gasteiger partial charge in [0.1, 0.15) is 5.58 Å². The van der Waals surface area contributed by atoms with Crippen molar-refractivity contribution in [2.24, 2.45) is 0 Å². The second-order valence-electron chi connectivity index (χ2n) is 6.75. The number of ether oxygens (including phenoxy) is 1. The summed E-state index contributed by atoms with van der Waals surface area (Å²) in [5.74, 6) is -0.783. The van der Waals surface area contributed by atoms with Gasteiger partial charge in [0, 0.05) is 35.2 Å². The number of benzene rings is 2. The summed E-state index contributed by atoms with van der Waals surface area (Å²) < 4.78 is 10.7. The summed E-state index contributed by atoms with van der Waals surface area (Å²) in [4.78, 5) is 38.2. The van der Waals surface area contributed by atoms with Crippen molar-refractivity contribution in [3.05, 3.63) is 65.4 Å². The Morgan fingerprint density at radius 3 is 2.54 bits per heavy atom. The molecule has 1 fully saturated rings. The van der Waals surface area contributed by atoms with Crippen LogP contribution >= 0.6 is 0 Å². The molecule has 2 heterocycles. The first kappa shape index (κ1) is 18.0. The van der Waals surface area contributed by atoms with Crippen LogP contribution in [0.5, 0.6) is 0 Å². The van der Waals surface area contributed by atoms with Crippen LogP contribution in [-0.2, 0) is 9.53 Å². The number of ketones is 1. The number of nitrogens with zero attached hydrogens (tertiary/aromatic N) is 1. The molecule has 0 saturated carbocycles. The third-order valence-electron chi connectivity index (χ3n) is 4.94. The van der Waals surface area contributed by atoms with Gasteiger partial charge in [-0.3, -0.25) is 9.59 Å². The first-order valence-electron chi connectivity index (χ1n) is 9.13. The highest BCUT2D eigenvalue weighted by Gasteiger charge is 2.22. The SMILES string of the molecule is Cc1c(C(=O)OCC(=O)c2ccc(N3CCCC3=O)cc2)oc2ccccc12. The zero-order valence-corrected chi connectivity index (χ0v) is 15.4. The topological polar surface area (TPSA) is 76.8 Å². The maximum Gasteiger partial charge on any atom is 0.375 e. The van der Waals surface area contributed by atoms with Gasteiger partial charge in [-0.2, -0.15) is 0 Å². The van der Waals surface area contributed by atoms with Crippen molar-refractivity contribution in [1.82, 2.24) is 0 Å². The van der Waals surface area contributed by atoms with Crippen LogP contribution in [0.3, 0.4) is 0 Å². The molecule has 0 spiro atoms. The molecule has 6 heteroatoms. The van der Waals surface area contributed by atoms with Gasteiger partial charge in [-0.15, -0.1) is 0 Å². The number of aryl methyl sites for hydroxylation is 1. The predicted molar refractivity (Wildman–Crippen MR) is 104 cm³/mol. The summed E-state index contributed by atoms with van der Waals surface area (Å²) in [5, 5.41) is 0.841. The van der Waals surface area contributed by atoms with Crippen LogP contribution in [0.1, 0.15) is 39.3 Å². The minimum Gasteiger partial charge on any atom is -0.451 e. The number of carbonyl (C=O) groups is 3. The van der Waals surface area contributed by atoms with Crippen molar-refractivity contribution in [3.8, 4) is 0 Å². The Morgan fingerprint density at radius 2 is 1.86 bits per heavy atom. The van der Waals surface area contributed by atoms with Crippen molar-refractivity contribution in [3.63, 3.8) is 0 Å². The summed E-state index contributed by atoms with van der Waals surface area (Å²) in [6.45, 7) is 2.10. The van der Waals surface area contributed by atoms with Crippen LogP contribution in [0.4, 0.5) is 5.69 Å². The molecule has 0 N–H and O–H groups in total. The van der Waals surface area contributed by atoms with Crippen LogP contribution in [0.25, 0.3) is 11.0 Å². The lowest BCUT2D eigenvalue weighted by molar-refractivity contribution is -0.117. The molecule has 0 radical (unpaired) electrons. The van der Waals surface area contributed by atoms with Crippen molar-refractivity contribution < 1.29 is 23.5 Å². The lowest BCUT2D eigenvalue weighted by atomic mass is 10.1. The molecule has 0 unspecified atom stereocenters. The molecule has 28 heavy (non-hydrogen) atoms. The fourth-order valence-electron chi connectivity index (χ4n) is 3.40. The number of Topliss-reactive ketones (excluding diaryl/α,β-unsaturated/α-hetero) is 1. The van der Waals surface area contributed by atoms with Gasteiger partial charge in [-0.1, -0.05) is 18.2 Å². The molecule has 6 nitrogen and oxygen atoms in total. The largest absolute Gasteiger partial charge is 0.451 e. The van der Waals surface area contributed by atoms with Gasteiger partial charge in [0.15, 0.2) is 12.4 Å². The van der Waals surface area contributed by atoms with E-state index in [4.69, 9.17) is 9.15 Å². The van der Waals surface area contributed by atoms with Crippen LogP contribution in [0.15, 0.2) is 52.9 Å². The maximum atomic E-state index is 12.3. The highest BCUT2D eigenvalue weighted by Crippen LogP contribution is 2.25. The molecule has 1 aliphatic rings. The van der Waals surface area contributed by atoms with E-state index in [1.165, 1.54) is 0 Å². The number of hydrogen-bond acceptors (Lipinski definition) is 5. The maximum absolute atomic E-state index is 12.3. The summed E-state index contributed by atoms with van der Waals surface area (Å²) in [6, 6.07) is 14.1. The molecule has 4 rings (SSSR count). The minimum absolute atomic E-state index is 0.0919. The van der Waals surface area contributed by atoms with E-state index in [1.54, 1.807) is 42.2 Å². The monoisotopic (exact) mass is 377 g/mol. The Hall–Kier alpha value is -3.41. The Kier molecular flexibility index (Phi) is 4.69. The number of para-hydroxylation sites is 1. The van der Waals surface area contributed by atoms with E-state index in [2.05, 4.69) is 0 Å². The van der Waals surface area contributed by atoms with Crippen LogP contribution < -0.4 is 4.90 Å². The molecular formula is C22H19NO5. The number of fused-ring (bicyclic) bond motifs is 1. The first-order valence-corrected chi connectivity index (χ1v) is 9.13. The van der Waals surface area contributed by atoms with Gasteiger partial charge in [-0.25, -0.2) is 4.79 Å². The summed E-state index contributed by atoms with van der Waals surface area (Å²) in [6.07, 6.45) is 1.40. The summed E-state index contributed by atoms with van der Waals surface area (Å²) in [5.41, 5.74) is 2.48. The predicted octanol–water partition coefficient (Wildman–Crippen LogP) is 3.91. The Morgan fingerprint density at radius 1 is 1.11 bits per heavy atom. The second kappa shape index (κ2) is 7.31. The zero-order valence-electron chi connectivity index (χ0n) is 15.4. The number of rotatable bonds is 5. The molecule has 2 aromatic carbocycles. The fourth-order valence-corrected chi connectivity index (χ4v) is 3.40. The summed E-state index contributed by atoms with van der Waals surface area (Å²) >= 11 is 0. The van der Waals surface area contributed by atoms with E-state index in [9.17, 15) is 14.4 Å². The van der Waals surface area contributed by atoms with Crippen molar-refractivity contribution in [2.75, 3.05) is 18.1 Å². The van der Waals surface area contributed by atoms with E-state index in [0.29, 0.717) is 29.7 Å². The Bertz CT molecular complexity index is 1060. The molecule has 142 valence electrons. The van der Waals surface area contributed by atoms with Gasteiger partial charge in [0.25, 0.3) is 0 Å². The number of hydrogen-bond donors (Lipinski definition) is 0. The number of carbonyl (C=O) groups excluding carboxylic acids is 3. The number of furan rings is 1. The second-order valence-corrected chi connectivity index (χ2v) is 6.75. The quantitative estimate of drug-likeness (QED) is 0.498. The van der Waals surface area contributed by atoms with Crippen molar-refractivity contribution in [1.29, 1.82) is 0 Å². The lowest BCUT2D eigenvalue weighted by Crippen LogP contribution is -2.23. The van der Waals surface area contributed by atoms with Gasteiger partial charge in [0.2, 0.25) is 11.7 Å². The van der Waals surface area contributed by atoms with Gasteiger partial charge in [-0.05, 0) is 43.7 Å². The Balaban J connectivity index is 1.41. The smallest absolute Gasteiger partial charge is 0.375 e. The highest BCUT2D eigenvalue weighted by atomic mass is 16.5. The van der Waals surface area contributed by atoms with Crippen LogP contribution in [0.2, 0.25) is 0 Å². The number of amides is 1. The normalized spacial score (nSPS) is 13.9. The molecule has 0 aliphatic carbocycles. The Labute approximate surface area is 161 Å². The van der Waals surface area contributed by atoms with Crippen LogP contribution in [0, 0.1) is 6.92 Å². The van der Waals surface area contributed by atoms with E-state index < -0.39 is 5.97 Å². The lowest BCUT2D eigenvalue weighted by Gasteiger charge is -2.15. The fraction of sp³-hybridized carbons (Fsp3) is 0.227.